The summed E-state index contributed by atoms with van der Waals surface area (Å²) in [5.74, 6) is -0.393. The number of Topliss-reactive ketones (excluding diaryl/α,β-unsaturated/α-hetero) is 2. The Morgan fingerprint density at radius 1 is 1.57 bits per heavy atom. The molecule has 1 unspecified atom stereocenters. The SMILES string of the molecule is COCC(=O)C1CC(C)(C)CCC1=O. The summed E-state index contributed by atoms with van der Waals surface area (Å²) in [6.45, 7) is 4.27. The lowest BCUT2D eigenvalue weighted by Gasteiger charge is -2.33. The first-order valence-electron chi connectivity index (χ1n) is 5.00. The third-order valence-electron chi connectivity index (χ3n) is 2.87. The van der Waals surface area contributed by atoms with Crippen LogP contribution in [0.3, 0.4) is 0 Å². The fourth-order valence-corrected chi connectivity index (χ4v) is 1.94. The normalized spacial score (nSPS) is 26.2. The van der Waals surface area contributed by atoms with Crippen molar-refractivity contribution in [2.24, 2.45) is 11.3 Å². The lowest BCUT2D eigenvalue weighted by atomic mass is 9.70. The van der Waals surface area contributed by atoms with Crippen LogP contribution in [0.2, 0.25) is 0 Å². The van der Waals surface area contributed by atoms with Crippen LogP contribution in [0.1, 0.15) is 33.1 Å². The predicted molar refractivity (Wildman–Crippen MR) is 53.0 cm³/mol. The van der Waals surface area contributed by atoms with Gasteiger partial charge in [-0.1, -0.05) is 13.8 Å². The van der Waals surface area contributed by atoms with Gasteiger partial charge in [-0.25, -0.2) is 0 Å². The van der Waals surface area contributed by atoms with E-state index in [2.05, 4.69) is 13.8 Å². The van der Waals surface area contributed by atoms with Gasteiger partial charge in [0.1, 0.15) is 12.4 Å². The molecule has 0 aromatic rings. The third kappa shape index (κ3) is 2.64. The maximum absolute atomic E-state index is 11.6. The summed E-state index contributed by atoms with van der Waals surface area (Å²) in [5.41, 5.74) is 0.113. The fourth-order valence-electron chi connectivity index (χ4n) is 1.94. The molecule has 0 saturated heterocycles. The van der Waals surface area contributed by atoms with Gasteiger partial charge < -0.3 is 4.74 Å². The molecule has 0 amide bonds. The molecule has 1 rings (SSSR count). The molecular weight excluding hydrogens is 180 g/mol. The van der Waals surface area contributed by atoms with Crippen LogP contribution >= 0.6 is 0 Å². The van der Waals surface area contributed by atoms with Gasteiger partial charge in [0.25, 0.3) is 0 Å². The second kappa shape index (κ2) is 4.22. The van der Waals surface area contributed by atoms with Crippen molar-refractivity contribution in [3.63, 3.8) is 0 Å². The summed E-state index contributed by atoms with van der Waals surface area (Å²) in [6.07, 6.45) is 2.10. The Hall–Kier alpha value is -0.700. The van der Waals surface area contributed by atoms with Crippen LogP contribution in [0.4, 0.5) is 0 Å². The molecule has 1 fully saturated rings. The van der Waals surface area contributed by atoms with Crippen molar-refractivity contribution in [2.45, 2.75) is 33.1 Å². The number of ether oxygens (including phenoxy) is 1. The second-order valence-corrected chi connectivity index (χ2v) is 4.79. The molecule has 0 bridgehead atoms. The minimum atomic E-state index is -0.418. The second-order valence-electron chi connectivity index (χ2n) is 4.79. The molecule has 0 heterocycles. The Bertz CT molecular complexity index is 243. The summed E-state index contributed by atoms with van der Waals surface area (Å²) in [5, 5.41) is 0. The van der Waals surface area contributed by atoms with Gasteiger partial charge in [0.05, 0.1) is 5.92 Å². The highest BCUT2D eigenvalue weighted by Crippen LogP contribution is 2.37. The van der Waals surface area contributed by atoms with Crippen LogP contribution in [0.15, 0.2) is 0 Å². The zero-order chi connectivity index (χ0) is 10.8. The van der Waals surface area contributed by atoms with E-state index in [1.54, 1.807) is 0 Å². The van der Waals surface area contributed by atoms with E-state index in [1.807, 2.05) is 0 Å². The lowest BCUT2D eigenvalue weighted by molar-refractivity contribution is -0.138. The van der Waals surface area contributed by atoms with E-state index >= 15 is 0 Å². The van der Waals surface area contributed by atoms with Gasteiger partial charge in [0, 0.05) is 13.5 Å². The number of carbonyl (C=O) groups is 2. The van der Waals surface area contributed by atoms with E-state index in [1.165, 1.54) is 7.11 Å². The minimum absolute atomic E-state index is 0.0620. The molecule has 1 atom stereocenters. The van der Waals surface area contributed by atoms with Crippen molar-refractivity contribution in [1.29, 1.82) is 0 Å². The van der Waals surface area contributed by atoms with Gasteiger partial charge >= 0.3 is 0 Å². The first kappa shape index (κ1) is 11.4. The smallest absolute Gasteiger partial charge is 0.168 e. The molecule has 3 heteroatoms. The molecule has 0 aromatic carbocycles. The summed E-state index contributed by atoms with van der Waals surface area (Å²) in [4.78, 5) is 23.1. The molecule has 0 aliphatic heterocycles. The number of hydrogen-bond donors (Lipinski definition) is 0. The molecule has 80 valence electrons. The van der Waals surface area contributed by atoms with Crippen molar-refractivity contribution in [3.05, 3.63) is 0 Å². The van der Waals surface area contributed by atoms with Crippen molar-refractivity contribution in [2.75, 3.05) is 13.7 Å². The number of carbonyl (C=O) groups excluding carboxylic acids is 2. The summed E-state index contributed by atoms with van der Waals surface area (Å²) < 4.78 is 4.77. The van der Waals surface area contributed by atoms with Gasteiger partial charge in [0.2, 0.25) is 0 Å². The minimum Gasteiger partial charge on any atom is -0.377 e. The van der Waals surface area contributed by atoms with Gasteiger partial charge in [0.15, 0.2) is 5.78 Å². The molecule has 1 aliphatic carbocycles. The van der Waals surface area contributed by atoms with Crippen LogP contribution in [0, 0.1) is 11.3 Å². The molecule has 0 radical (unpaired) electrons. The lowest BCUT2D eigenvalue weighted by Crippen LogP contribution is -2.36. The first-order valence-corrected chi connectivity index (χ1v) is 5.00. The largest absolute Gasteiger partial charge is 0.377 e. The van der Waals surface area contributed by atoms with Gasteiger partial charge in [-0.15, -0.1) is 0 Å². The Morgan fingerprint density at radius 2 is 2.21 bits per heavy atom. The maximum Gasteiger partial charge on any atom is 0.168 e. The standard InChI is InChI=1S/C11H18O3/c1-11(2)5-4-9(12)8(6-11)10(13)7-14-3/h8H,4-7H2,1-3H3. The zero-order valence-electron chi connectivity index (χ0n) is 9.13. The highest BCUT2D eigenvalue weighted by atomic mass is 16.5. The van der Waals surface area contributed by atoms with Gasteiger partial charge in [-0.3, -0.25) is 9.59 Å². The van der Waals surface area contributed by atoms with E-state index in [-0.39, 0.29) is 23.6 Å². The van der Waals surface area contributed by atoms with E-state index in [4.69, 9.17) is 4.74 Å². The zero-order valence-corrected chi connectivity index (χ0v) is 9.13. The van der Waals surface area contributed by atoms with Crippen LogP contribution in [-0.2, 0) is 14.3 Å². The summed E-state index contributed by atoms with van der Waals surface area (Å²) in [6, 6.07) is 0. The third-order valence-corrected chi connectivity index (χ3v) is 2.87. The molecule has 0 aromatic heterocycles. The molecule has 1 saturated carbocycles. The molecule has 0 N–H and O–H groups in total. The van der Waals surface area contributed by atoms with E-state index in [9.17, 15) is 9.59 Å². The van der Waals surface area contributed by atoms with Gasteiger partial charge in [-0.05, 0) is 18.3 Å². The molecular formula is C11H18O3. The van der Waals surface area contributed by atoms with E-state index in [0.717, 1.165) is 6.42 Å². The van der Waals surface area contributed by atoms with Crippen LogP contribution in [0.25, 0.3) is 0 Å². The average Bonchev–Trinajstić information content (AvgIpc) is 2.10. The van der Waals surface area contributed by atoms with Gasteiger partial charge in [-0.2, -0.15) is 0 Å². The summed E-state index contributed by atoms with van der Waals surface area (Å²) in [7, 11) is 1.48. The van der Waals surface area contributed by atoms with Crippen molar-refractivity contribution in [3.8, 4) is 0 Å². The Balaban J connectivity index is 2.66. The van der Waals surface area contributed by atoms with Crippen molar-refractivity contribution >= 4 is 11.6 Å². The molecule has 3 nitrogen and oxygen atoms in total. The Morgan fingerprint density at radius 3 is 2.79 bits per heavy atom. The highest BCUT2D eigenvalue weighted by molar-refractivity contribution is 6.03. The number of hydrogen-bond acceptors (Lipinski definition) is 3. The highest BCUT2D eigenvalue weighted by Gasteiger charge is 2.37. The Labute approximate surface area is 84.8 Å². The van der Waals surface area contributed by atoms with Crippen molar-refractivity contribution < 1.29 is 14.3 Å². The fraction of sp³-hybridized carbons (Fsp3) is 0.818. The predicted octanol–water partition coefficient (Wildman–Crippen LogP) is 1.60. The van der Waals surface area contributed by atoms with Crippen LogP contribution < -0.4 is 0 Å². The van der Waals surface area contributed by atoms with E-state index in [0.29, 0.717) is 12.8 Å². The number of methoxy groups -OCH3 is 1. The monoisotopic (exact) mass is 198 g/mol. The first-order chi connectivity index (χ1) is 6.46. The number of ketones is 2. The number of rotatable bonds is 3. The van der Waals surface area contributed by atoms with Crippen LogP contribution in [-0.4, -0.2) is 25.3 Å². The quantitative estimate of drug-likeness (QED) is 0.647. The van der Waals surface area contributed by atoms with Crippen molar-refractivity contribution in [1.82, 2.24) is 0 Å². The molecule has 1 aliphatic rings. The Kier molecular flexibility index (Phi) is 3.43. The average molecular weight is 198 g/mol. The topological polar surface area (TPSA) is 43.4 Å². The maximum atomic E-state index is 11.6. The van der Waals surface area contributed by atoms with E-state index < -0.39 is 5.92 Å². The molecule has 14 heavy (non-hydrogen) atoms. The summed E-state index contributed by atoms with van der Waals surface area (Å²) >= 11 is 0. The molecule has 0 spiro atoms. The van der Waals surface area contributed by atoms with Crippen LogP contribution in [0.5, 0.6) is 0 Å².